The molecule has 4 rings (SSSR count). The number of rotatable bonds is 0. The van der Waals surface area contributed by atoms with Gasteiger partial charge in [-0.3, -0.25) is 4.40 Å². The Hall–Kier alpha value is -2.29. The summed E-state index contributed by atoms with van der Waals surface area (Å²) in [7, 11) is 0. The minimum atomic E-state index is 0.142. The standard InChI is InChI=1S/C17H17N3/c1-17(2,3)11-8-9-20-14(10-11)19-15-12-6-4-5-7-13(12)18-16(15)20/h4-10,18H,1-3H3. The highest BCUT2D eigenvalue weighted by molar-refractivity contribution is 6.05. The zero-order chi connectivity index (χ0) is 13.9. The van der Waals surface area contributed by atoms with Crippen molar-refractivity contribution in [3.05, 3.63) is 48.2 Å². The molecule has 0 spiro atoms. The van der Waals surface area contributed by atoms with E-state index in [9.17, 15) is 0 Å². The van der Waals surface area contributed by atoms with Crippen LogP contribution in [0.2, 0.25) is 0 Å². The van der Waals surface area contributed by atoms with E-state index in [0.717, 1.165) is 22.3 Å². The highest BCUT2D eigenvalue weighted by Gasteiger charge is 2.16. The summed E-state index contributed by atoms with van der Waals surface area (Å²) in [5.41, 5.74) is 5.71. The van der Waals surface area contributed by atoms with Gasteiger partial charge in [-0.1, -0.05) is 39.0 Å². The first-order chi connectivity index (χ1) is 9.54. The number of nitrogens with one attached hydrogen (secondary N) is 1. The van der Waals surface area contributed by atoms with E-state index >= 15 is 0 Å². The number of benzene rings is 1. The van der Waals surface area contributed by atoms with Crippen LogP contribution < -0.4 is 0 Å². The van der Waals surface area contributed by atoms with E-state index < -0.39 is 0 Å². The lowest BCUT2D eigenvalue weighted by atomic mass is 9.88. The van der Waals surface area contributed by atoms with Gasteiger partial charge in [-0.05, 0) is 29.2 Å². The molecule has 1 aromatic carbocycles. The lowest BCUT2D eigenvalue weighted by molar-refractivity contribution is 0.590. The molecule has 0 aliphatic carbocycles. The Morgan fingerprint density at radius 2 is 1.90 bits per heavy atom. The van der Waals surface area contributed by atoms with Crippen molar-refractivity contribution in [2.24, 2.45) is 0 Å². The molecular formula is C17H17N3. The van der Waals surface area contributed by atoms with Crippen LogP contribution in [-0.2, 0) is 5.41 Å². The molecule has 0 atom stereocenters. The fourth-order valence-corrected chi connectivity index (χ4v) is 2.74. The summed E-state index contributed by atoms with van der Waals surface area (Å²) in [5, 5.41) is 1.18. The maximum Gasteiger partial charge on any atom is 0.143 e. The van der Waals surface area contributed by atoms with Crippen molar-refractivity contribution in [1.29, 1.82) is 0 Å². The van der Waals surface area contributed by atoms with Gasteiger partial charge in [0.15, 0.2) is 0 Å². The van der Waals surface area contributed by atoms with Crippen LogP contribution in [0.1, 0.15) is 26.3 Å². The van der Waals surface area contributed by atoms with Gasteiger partial charge < -0.3 is 4.98 Å². The summed E-state index contributed by atoms with van der Waals surface area (Å²) < 4.78 is 2.13. The van der Waals surface area contributed by atoms with Gasteiger partial charge in [-0.2, -0.15) is 0 Å². The van der Waals surface area contributed by atoms with Crippen LogP contribution in [0.4, 0.5) is 0 Å². The molecule has 3 aromatic heterocycles. The summed E-state index contributed by atoms with van der Waals surface area (Å²) >= 11 is 0. The second-order valence-corrected chi connectivity index (χ2v) is 6.37. The first kappa shape index (κ1) is 11.5. The lowest BCUT2D eigenvalue weighted by Crippen LogP contribution is -2.11. The van der Waals surface area contributed by atoms with Crippen molar-refractivity contribution < 1.29 is 0 Å². The second kappa shape index (κ2) is 3.63. The third-order valence-electron chi connectivity index (χ3n) is 3.93. The number of aromatic amines is 1. The third kappa shape index (κ3) is 1.49. The average molecular weight is 263 g/mol. The number of para-hydroxylation sites is 1. The van der Waals surface area contributed by atoms with Crippen molar-refractivity contribution in [1.82, 2.24) is 14.4 Å². The summed E-state index contributed by atoms with van der Waals surface area (Å²) in [6, 6.07) is 12.7. The summed E-state index contributed by atoms with van der Waals surface area (Å²) in [5.74, 6) is 0. The van der Waals surface area contributed by atoms with E-state index in [0.29, 0.717) is 0 Å². The molecule has 0 bridgehead atoms. The fourth-order valence-electron chi connectivity index (χ4n) is 2.74. The highest BCUT2D eigenvalue weighted by Crippen LogP contribution is 2.28. The van der Waals surface area contributed by atoms with Gasteiger partial charge in [0.25, 0.3) is 0 Å². The third-order valence-corrected chi connectivity index (χ3v) is 3.93. The topological polar surface area (TPSA) is 33.1 Å². The number of pyridine rings is 1. The van der Waals surface area contributed by atoms with Crippen molar-refractivity contribution >= 4 is 27.7 Å². The molecule has 0 saturated carbocycles. The molecular weight excluding hydrogens is 246 g/mol. The molecule has 0 radical (unpaired) electrons. The van der Waals surface area contributed by atoms with Crippen LogP contribution in [0.25, 0.3) is 27.7 Å². The Labute approximate surface area is 117 Å². The quantitative estimate of drug-likeness (QED) is 0.505. The highest BCUT2D eigenvalue weighted by atomic mass is 15.1. The maximum atomic E-state index is 4.81. The van der Waals surface area contributed by atoms with E-state index in [2.05, 4.69) is 66.7 Å². The van der Waals surface area contributed by atoms with Crippen LogP contribution in [0, 0.1) is 0 Å². The van der Waals surface area contributed by atoms with Gasteiger partial charge in [0.2, 0.25) is 0 Å². The number of hydrogen-bond donors (Lipinski definition) is 1. The average Bonchev–Trinajstić information content (AvgIpc) is 2.93. The zero-order valence-electron chi connectivity index (χ0n) is 11.9. The Balaban J connectivity index is 2.09. The lowest BCUT2D eigenvalue weighted by Gasteiger charge is -2.18. The van der Waals surface area contributed by atoms with Gasteiger partial charge in [0, 0.05) is 17.1 Å². The molecule has 3 heterocycles. The number of aromatic nitrogens is 3. The molecule has 0 unspecified atom stereocenters. The van der Waals surface area contributed by atoms with Crippen molar-refractivity contribution in [2.45, 2.75) is 26.2 Å². The predicted octanol–water partition coefficient (Wildman–Crippen LogP) is 4.27. The van der Waals surface area contributed by atoms with E-state index in [1.54, 1.807) is 0 Å². The van der Waals surface area contributed by atoms with Crippen LogP contribution >= 0.6 is 0 Å². The van der Waals surface area contributed by atoms with Crippen molar-refractivity contribution in [2.75, 3.05) is 0 Å². The monoisotopic (exact) mass is 263 g/mol. The van der Waals surface area contributed by atoms with Gasteiger partial charge in [0.05, 0.1) is 0 Å². The molecule has 0 aliphatic heterocycles. The van der Waals surface area contributed by atoms with Crippen LogP contribution in [0.15, 0.2) is 42.6 Å². The molecule has 3 heteroatoms. The van der Waals surface area contributed by atoms with Crippen LogP contribution in [0.3, 0.4) is 0 Å². The van der Waals surface area contributed by atoms with Crippen LogP contribution in [-0.4, -0.2) is 14.4 Å². The zero-order valence-corrected chi connectivity index (χ0v) is 11.9. The fraction of sp³-hybridized carbons (Fsp3) is 0.235. The molecule has 0 amide bonds. The molecule has 3 nitrogen and oxygen atoms in total. The molecule has 0 saturated heterocycles. The van der Waals surface area contributed by atoms with Crippen molar-refractivity contribution in [3.63, 3.8) is 0 Å². The minimum Gasteiger partial charge on any atom is -0.339 e. The Morgan fingerprint density at radius 3 is 2.70 bits per heavy atom. The molecule has 20 heavy (non-hydrogen) atoms. The minimum absolute atomic E-state index is 0.142. The Kier molecular flexibility index (Phi) is 2.09. The Bertz CT molecular complexity index is 935. The molecule has 4 aromatic rings. The normalized spacial score (nSPS) is 12.8. The number of nitrogens with zero attached hydrogens (tertiary/aromatic N) is 2. The Morgan fingerprint density at radius 1 is 1.10 bits per heavy atom. The molecule has 100 valence electrons. The smallest absolute Gasteiger partial charge is 0.143 e. The predicted molar refractivity (Wildman–Crippen MR) is 83.3 cm³/mol. The van der Waals surface area contributed by atoms with Gasteiger partial charge in [-0.25, -0.2) is 4.98 Å². The number of H-pyrrole nitrogens is 1. The number of fused-ring (bicyclic) bond motifs is 5. The molecule has 0 aliphatic rings. The van der Waals surface area contributed by atoms with Crippen LogP contribution in [0.5, 0.6) is 0 Å². The van der Waals surface area contributed by atoms with E-state index in [-0.39, 0.29) is 5.41 Å². The SMILES string of the molecule is CC(C)(C)c1ccn2c(c1)nc1c3ccccc3[nH]c12. The number of hydrogen-bond acceptors (Lipinski definition) is 1. The van der Waals surface area contributed by atoms with Gasteiger partial charge in [-0.15, -0.1) is 0 Å². The first-order valence-corrected chi connectivity index (χ1v) is 6.93. The van der Waals surface area contributed by atoms with E-state index in [4.69, 9.17) is 4.98 Å². The molecule has 0 fully saturated rings. The summed E-state index contributed by atoms with van der Waals surface area (Å²) in [4.78, 5) is 8.27. The summed E-state index contributed by atoms with van der Waals surface area (Å²) in [6.45, 7) is 6.68. The maximum absolute atomic E-state index is 4.81. The van der Waals surface area contributed by atoms with E-state index in [1.165, 1.54) is 10.9 Å². The van der Waals surface area contributed by atoms with Gasteiger partial charge in [0.1, 0.15) is 16.8 Å². The second-order valence-electron chi connectivity index (χ2n) is 6.37. The van der Waals surface area contributed by atoms with E-state index in [1.807, 2.05) is 6.07 Å². The molecule has 1 N–H and O–H groups in total. The number of imidazole rings is 1. The van der Waals surface area contributed by atoms with Crippen molar-refractivity contribution in [3.8, 4) is 0 Å². The van der Waals surface area contributed by atoms with Gasteiger partial charge >= 0.3 is 0 Å². The summed E-state index contributed by atoms with van der Waals surface area (Å²) in [6.07, 6.45) is 2.11. The first-order valence-electron chi connectivity index (χ1n) is 6.93. The largest absolute Gasteiger partial charge is 0.339 e.